The Morgan fingerprint density at radius 1 is 1.16 bits per heavy atom. The van der Waals surface area contributed by atoms with Gasteiger partial charge < -0.3 is 10.2 Å². The number of aliphatic carboxylic acids is 1. The summed E-state index contributed by atoms with van der Waals surface area (Å²) in [5.74, 6) is -0.743. The molecule has 0 aromatic heterocycles. The second kappa shape index (κ2) is 10.6. The van der Waals surface area contributed by atoms with Crippen LogP contribution in [0.3, 0.4) is 0 Å². The Kier molecular flexibility index (Phi) is 8.86. The van der Waals surface area contributed by atoms with E-state index in [1.165, 1.54) is 21.6 Å². The van der Waals surface area contributed by atoms with Crippen molar-refractivity contribution in [1.82, 2.24) is 0 Å². The number of benzene rings is 1. The van der Waals surface area contributed by atoms with Crippen LogP contribution in [0, 0.1) is 12.3 Å². The lowest BCUT2D eigenvalue weighted by Crippen LogP contribution is -2.35. The van der Waals surface area contributed by atoms with Gasteiger partial charge in [0.2, 0.25) is 0 Å². The average molecular weight is 447 g/mol. The number of aliphatic hydroxyl groups is 1. The minimum Gasteiger partial charge on any atom is -0.481 e. The molecule has 174 valence electrons. The van der Waals surface area contributed by atoms with Crippen LogP contribution in [0.5, 0.6) is 0 Å². The van der Waals surface area contributed by atoms with Gasteiger partial charge in [-0.05, 0) is 79.4 Å². The molecule has 0 spiro atoms. The molecule has 0 saturated carbocycles. The zero-order valence-electron chi connectivity index (χ0n) is 20.5. The van der Waals surface area contributed by atoms with E-state index in [0.717, 1.165) is 37.7 Å². The van der Waals surface area contributed by atoms with E-state index in [2.05, 4.69) is 66.7 Å². The normalized spacial score (nSPS) is 18.5. The van der Waals surface area contributed by atoms with Crippen LogP contribution >= 0.6 is 11.8 Å². The monoisotopic (exact) mass is 446 g/mol. The van der Waals surface area contributed by atoms with Gasteiger partial charge in [0, 0.05) is 17.1 Å². The predicted molar refractivity (Wildman–Crippen MR) is 133 cm³/mol. The van der Waals surface area contributed by atoms with Gasteiger partial charge in [-0.3, -0.25) is 4.79 Å². The Hall–Kier alpha value is -1.26. The van der Waals surface area contributed by atoms with Crippen molar-refractivity contribution >= 4 is 17.7 Å². The molecule has 2 rings (SSSR count). The number of hydrogen-bond acceptors (Lipinski definition) is 3. The number of aliphatic hydroxyl groups excluding tert-OH is 1. The lowest BCUT2D eigenvalue weighted by atomic mass is 9.71. The summed E-state index contributed by atoms with van der Waals surface area (Å²) in [5.41, 5.74) is 5.23. The topological polar surface area (TPSA) is 57.5 Å². The van der Waals surface area contributed by atoms with Gasteiger partial charge >= 0.3 is 5.97 Å². The molecule has 0 saturated heterocycles. The third-order valence-corrected chi connectivity index (χ3v) is 9.04. The maximum Gasteiger partial charge on any atom is 0.303 e. The lowest BCUT2D eigenvalue weighted by molar-refractivity contribution is -0.136. The second-order valence-electron chi connectivity index (χ2n) is 10.3. The predicted octanol–water partition coefficient (Wildman–Crippen LogP) is 7.04. The second-order valence-corrected chi connectivity index (χ2v) is 11.6. The fraction of sp³-hybridized carbons (Fsp3) is 0.667. The lowest BCUT2D eigenvalue weighted by Gasteiger charge is -2.39. The molecule has 1 aliphatic rings. The smallest absolute Gasteiger partial charge is 0.303 e. The van der Waals surface area contributed by atoms with Crippen LogP contribution in [0.4, 0.5) is 0 Å². The molecule has 0 bridgehead atoms. The minimum absolute atomic E-state index is 0.0758. The van der Waals surface area contributed by atoms with E-state index in [4.69, 9.17) is 5.11 Å². The maximum absolute atomic E-state index is 11.0. The molecule has 1 aromatic carbocycles. The molecule has 4 heteroatoms. The van der Waals surface area contributed by atoms with E-state index in [0.29, 0.717) is 11.7 Å². The highest BCUT2D eigenvalue weighted by Gasteiger charge is 2.41. The summed E-state index contributed by atoms with van der Waals surface area (Å²) in [7, 11) is 0. The van der Waals surface area contributed by atoms with Crippen LogP contribution in [-0.4, -0.2) is 27.5 Å². The standard InChI is InChI=1S/C27H42O3S/c1-8-27(9-2,21-12-10-20(18(3)16-21)11-15-25(29)30)24-17-19(4)22(31-24)13-14-23(28)26(5,6)7/h10,12,16,23-24,28H,8-9,11,13-15,17H2,1-7H3,(H,29,30). The summed E-state index contributed by atoms with van der Waals surface area (Å²) in [6.07, 6.45) is 5.54. The van der Waals surface area contributed by atoms with Crippen LogP contribution < -0.4 is 0 Å². The number of carboxylic acid groups (broad SMARTS) is 1. The van der Waals surface area contributed by atoms with E-state index in [-0.39, 0.29) is 23.4 Å². The molecule has 2 N–H and O–H groups in total. The van der Waals surface area contributed by atoms with Crippen molar-refractivity contribution in [3.63, 3.8) is 0 Å². The maximum atomic E-state index is 11.0. The quantitative estimate of drug-likeness (QED) is 0.405. The summed E-state index contributed by atoms with van der Waals surface area (Å²) in [4.78, 5) is 12.4. The number of thioether (sulfide) groups is 1. The highest BCUT2D eigenvalue weighted by molar-refractivity contribution is 8.04. The van der Waals surface area contributed by atoms with Crippen molar-refractivity contribution in [3.05, 3.63) is 45.4 Å². The number of aryl methyl sites for hydroxylation is 2. The largest absolute Gasteiger partial charge is 0.481 e. The molecule has 1 aromatic rings. The van der Waals surface area contributed by atoms with E-state index in [9.17, 15) is 9.90 Å². The van der Waals surface area contributed by atoms with Gasteiger partial charge in [0.15, 0.2) is 0 Å². The van der Waals surface area contributed by atoms with Gasteiger partial charge in [-0.25, -0.2) is 0 Å². The van der Waals surface area contributed by atoms with Gasteiger partial charge in [0.05, 0.1) is 6.10 Å². The molecule has 0 aliphatic carbocycles. The van der Waals surface area contributed by atoms with Crippen LogP contribution in [-0.2, 0) is 16.6 Å². The van der Waals surface area contributed by atoms with Gasteiger partial charge in [-0.15, -0.1) is 11.8 Å². The molecule has 0 radical (unpaired) electrons. The first-order chi connectivity index (χ1) is 14.4. The Balaban J connectivity index is 2.20. The zero-order chi connectivity index (χ0) is 23.4. The Morgan fingerprint density at radius 2 is 1.81 bits per heavy atom. The summed E-state index contributed by atoms with van der Waals surface area (Å²) >= 11 is 2.04. The molecule has 2 atom stereocenters. The van der Waals surface area contributed by atoms with Crippen molar-refractivity contribution in [2.75, 3.05) is 0 Å². The first-order valence-electron chi connectivity index (χ1n) is 11.8. The zero-order valence-corrected chi connectivity index (χ0v) is 21.4. The van der Waals surface area contributed by atoms with Crippen molar-refractivity contribution in [1.29, 1.82) is 0 Å². The van der Waals surface area contributed by atoms with Crippen molar-refractivity contribution < 1.29 is 15.0 Å². The molecule has 0 amide bonds. The fourth-order valence-corrected chi connectivity index (χ4v) is 6.71. The van der Waals surface area contributed by atoms with Crippen molar-refractivity contribution in [2.24, 2.45) is 5.41 Å². The third kappa shape index (κ3) is 6.16. The highest BCUT2D eigenvalue weighted by atomic mass is 32.2. The molecule has 3 nitrogen and oxygen atoms in total. The SMILES string of the molecule is CCC(CC)(c1ccc(CCC(=O)O)c(C)c1)C1CC(C)=C(CCC(O)C(C)(C)C)S1. The van der Waals surface area contributed by atoms with Gasteiger partial charge in [-0.1, -0.05) is 58.4 Å². The van der Waals surface area contributed by atoms with E-state index in [1.54, 1.807) is 0 Å². The Morgan fingerprint density at radius 3 is 2.32 bits per heavy atom. The van der Waals surface area contributed by atoms with Crippen LogP contribution in [0.1, 0.15) is 96.8 Å². The molecular weight excluding hydrogens is 404 g/mol. The fourth-order valence-electron chi connectivity index (χ4n) is 4.81. The summed E-state index contributed by atoms with van der Waals surface area (Å²) in [6.45, 7) is 15.3. The van der Waals surface area contributed by atoms with Crippen LogP contribution in [0.2, 0.25) is 0 Å². The highest BCUT2D eigenvalue weighted by Crippen LogP contribution is 2.52. The first-order valence-corrected chi connectivity index (χ1v) is 12.7. The number of hydrogen-bond donors (Lipinski definition) is 2. The van der Waals surface area contributed by atoms with Crippen LogP contribution in [0.25, 0.3) is 0 Å². The summed E-state index contributed by atoms with van der Waals surface area (Å²) in [6, 6.07) is 6.70. The molecule has 31 heavy (non-hydrogen) atoms. The number of allylic oxidation sites excluding steroid dienone is 2. The van der Waals surface area contributed by atoms with Gasteiger partial charge in [0.25, 0.3) is 0 Å². The molecule has 0 fully saturated rings. The Labute approximate surface area is 193 Å². The number of rotatable bonds is 10. The molecular formula is C27H42O3S. The van der Waals surface area contributed by atoms with Crippen molar-refractivity contribution in [2.45, 2.75) is 110 Å². The minimum atomic E-state index is -0.743. The van der Waals surface area contributed by atoms with E-state index < -0.39 is 5.97 Å². The first kappa shape index (κ1) is 26.0. The van der Waals surface area contributed by atoms with Gasteiger partial charge in [-0.2, -0.15) is 0 Å². The average Bonchev–Trinajstić information content (AvgIpc) is 3.06. The van der Waals surface area contributed by atoms with Gasteiger partial charge in [0.1, 0.15) is 0 Å². The van der Waals surface area contributed by atoms with E-state index >= 15 is 0 Å². The van der Waals surface area contributed by atoms with Crippen LogP contribution in [0.15, 0.2) is 28.7 Å². The molecule has 1 aliphatic heterocycles. The number of carbonyl (C=O) groups is 1. The summed E-state index contributed by atoms with van der Waals surface area (Å²) < 4.78 is 0. The van der Waals surface area contributed by atoms with E-state index in [1.807, 2.05) is 11.8 Å². The molecule has 2 unspecified atom stereocenters. The molecule has 1 heterocycles. The number of carboxylic acids is 1. The summed E-state index contributed by atoms with van der Waals surface area (Å²) in [5, 5.41) is 20.0. The third-order valence-electron chi connectivity index (χ3n) is 7.30. The Bertz CT molecular complexity index is 799. The van der Waals surface area contributed by atoms with Crippen molar-refractivity contribution in [3.8, 4) is 0 Å².